The molecule has 1 aliphatic rings. The fourth-order valence-electron chi connectivity index (χ4n) is 4.35. The number of nitro benzene ring substituents is 1. The third-order valence-corrected chi connectivity index (χ3v) is 6.19. The van der Waals surface area contributed by atoms with Crippen molar-refractivity contribution in [2.75, 3.05) is 13.1 Å². The topological polar surface area (TPSA) is 139 Å². The Morgan fingerprint density at radius 2 is 1.51 bits per heavy atom. The maximum Gasteiger partial charge on any atom is 0.270 e. The van der Waals surface area contributed by atoms with Gasteiger partial charge in [-0.25, -0.2) is 0 Å². The van der Waals surface area contributed by atoms with Gasteiger partial charge in [0.05, 0.1) is 4.92 Å². The van der Waals surface area contributed by atoms with E-state index in [0.29, 0.717) is 12.1 Å². The highest BCUT2D eigenvalue weighted by Crippen LogP contribution is 2.23. The largest absolute Gasteiger partial charge is 0.349 e. The van der Waals surface area contributed by atoms with Crippen LogP contribution >= 0.6 is 0 Å². The van der Waals surface area contributed by atoms with Gasteiger partial charge in [0.1, 0.15) is 0 Å². The summed E-state index contributed by atoms with van der Waals surface area (Å²) in [5, 5.41) is 14.0. The molecule has 1 fully saturated rings. The van der Waals surface area contributed by atoms with Gasteiger partial charge in [0.15, 0.2) is 6.17 Å². The molecule has 0 aromatic heterocycles. The first-order valence-electron chi connectivity index (χ1n) is 11.8. The van der Waals surface area contributed by atoms with Gasteiger partial charge in [0.2, 0.25) is 0 Å². The number of benzene rings is 3. The van der Waals surface area contributed by atoms with E-state index in [-0.39, 0.29) is 36.8 Å². The Morgan fingerprint density at radius 3 is 2.14 bits per heavy atom. The highest BCUT2D eigenvalue weighted by molar-refractivity contribution is 6.02. The monoisotopic (exact) mass is 501 g/mol. The highest BCUT2D eigenvalue weighted by atomic mass is 16.6. The van der Waals surface area contributed by atoms with Gasteiger partial charge < -0.3 is 20.9 Å². The molecule has 3 N–H and O–H groups in total. The first-order chi connectivity index (χ1) is 17.8. The van der Waals surface area contributed by atoms with Crippen LogP contribution in [-0.2, 0) is 17.9 Å². The van der Waals surface area contributed by atoms with Gasteiger partial charge in [-0.3, -0.25) is 24.5 Å². The molecular formula is C27H27N5O5. The Kier molecular flexibility index (Phi) is 7.59. The summed E-state index contributed by atoms with van der Waals surface area (Å²) in [4.78, 5) is 53.6. The van der Waals surface area contributed by atoms with Gasteiger partial charge in [0.25, 0.3) is 23.4 Å². The molecule has 1 saturated heterocycles. The van der Waals surface area contributed by atoms with Gasteiger partial charge >= 0.3 is 0 Å². The summed E-state index contributed by atoms with van der Waals surface area (Å²) >= 11 is 0. The molecular weight excluding hydrogens is 474 g/mol. The average molecular weight is 502 g/mol. The third kappa shape index (κ3) is 5.65. The Bertz CT molecular complexity index is 1360. The minimum atomic E-state index is -1.22. The number of rotatable bonds is 7. The summed E-state index contributed by atoms with van der Waals surface area (Å²) in [6, 6.07) is 19.7. The van der Waals surface area contributed by atoms with E-state index in [0.717, 1.165) is 16.7 Å². The number of nitrogens with zero attached hydrogens (tertiary/aromatic N) is 3. The zero-order valence-corrected chi connectivity index (χ0v) is 20.3. The van der Waals surface area contributed by atoms with Crippen molar-refractivity contribution in [2.45, 2.75) is 26.2 Å². The number of nitrogens with two attached hydrogens (primary N) is 1. The predicted octanol–water partition coefficient (Wildman–Crippen LogP) is 2.60. The molecule has 10 nitrogen and oxygen atoms in total. The van der Waals surface area contributed by atoms with E-state index < -0.39 is 22.9 Å². The van der Waals surface area contributed by atoms with Crippen molar-refractivity contribution in [3.05, 3.63) is 111 Å². The second-order valence-electron chi connectivity index (χ2n) is 8.79. The van der Waals surface area contributed by atoms with Gasteiger partial charge in [0, 0.05) is 49.4 Å². The normalized spacial score (nSPS) is 14.9. The van der Waals surface area contributed by atoms with Crippen molar-refractivity contribution in [1.29, 1.82) is 0 Å². The zero-order valence-electron chi connectivity index (χ0n) is 20.3. The number of carbonyl (C=O) groups is 3. The summed E-state index contributed by atoms with van der Waals surface area (Å²) < 4.78 is 0. The lowest BCUT2D eigenvalue weighted by molar-refractivity contribution is -0.384. The second kappa shape index (κ2) is 11.0. The molecule has 3 aromatic carbocycles. The van der Waals surface area contributed by atoms with Crippen LogP contribution < -0.4 is 11.1 Å². The first-order valence-corrected chi connectivity index (χ1v) is 11.8. The summed E-state index contributed by atoms with van der Waals surface area (Å²) in [5.74, 6) is -1.49. The Balaban J connectivity index is 1.63. The fraction of sp³-hybridized carbons (Fsp3) is 0.222. The molecule has 3 aromatic rings. The Labute approximate surface area is 213 Å². The van der Waals surface area contributed by atoms with Crippen LogP contribution in [0.3, 0.4) is 0 Å². The maximum absolute atomic E-state index is 13.5. The molecule has 0 saturated carbocycles. The number of nitro groups is 1. The number of aryl methyl sites for hydroxylation is 1. The van der Waals surface area contributed by atoms with Crippen molar-refractivity contribution in [2.24, 2.45) is 5.73 Å². The summed E-state index contributed by atoms with van der Waals surface area (Å²) in [6.07, 6.45) is -1.22. The van der Waals surface area contributed by atoms with Crippen LogP contribution in [0.15, 0.2) is 72.8 Å². The van der Waals surface area contributed by atoms with Gasteiger partial charge in [-0.2, -0.15) is 0 Å². The molecule has 190 valence electrons. The number of hydrogen-bond donors (Lipinski definition) is 2. The fourth-order valence-corrected chi connectivity index (χ4v) is 4.35. The zero-order chi connectivity index (χ0) is 26.5. The number of nitrogens with one attached hydrogen (secondary N) is 1. The molecule has 0 bridgehead atoms. The van der Waals surface area contributed by atoms with Crippen LogP contribution in [-0.4, -0.2) is 51.7 Å². The smallest absolute Gasteiger partial charge is 0.270 e. The summed E-state index contributed by atoms with van der Waals surface area (Å²) in [6.45, 7) is 2.62. The molecule has 3 amide bonds. The van der Waals surface area contributed by atoms with Crippen molar-refractivity contribution < 1.29 is 19.3 Å². The molecule has 1 heterocycles. The molecule has 1 aliphatic heterocycles. The van der Waals surface area contributed by atoms with Crippen molar-refractivity contribution in [1.82, 2.24) is 15.1 Å². The molecule has 37 heavy (non-hydrogen) atoms. The van der Waals surface area contributed by atoms with E-state index in [2.05, 4.69) is 5.32 Å². The lowest BCUT2D eigenvalue weighted by Crippen LogP contribution is -2.53. The SMILES string of the molecule is Cc1cccc(C(=O)N2CCN(C(=O)c3cccc([N+](=O)[O-])c3)C2C(=O)NCc2cccc(CN)c2)c1. The van der Waals surface area contributed by atoms with E-state index >= 15 is 0 Å². The van der Waals surface area contributed by atoms with Crippen molar-refractivity contribution in [3.63, 3.8) is 0 Å². The quantitative estimate of drug-likeness (QED) is 0.377. The molecule has 0 aliphatic carbocycles. The van der Waals surface area contributed by atoms with E-state index in [1.165, 1.54) is 34.1 Å². The average Bonchev–Trinajstić information content (AvgIpc) is 3.36. The molecule has 1 atom stereocenters. The highest BCUT2D eigenvalue weighted by Gasteiger charge is 2.43. The van der Waals surface area contributed by atoms with Crippen LogP contribution in [0, 0.1) is 17.0 Å². The van der Waals surface area contributed by atoms with E-state index in [1.807, 2.05) is 37.3 Å². The second-order valence-corrected chi connectivity index (χ2v) is 8.79. The minimum absolute atomic E-state index is 0.0625. The van der Waals surface area contributed by atoms with E-state index in [1.54, 1.807) is 18.2 Å². The number of carbonyl (C=O) groups excluding carboxylic acids is 3. The van der Waals surface area contributed by atoms with Crippen LogP contribution in [0.1, 0.15) is 37.4 Å². The first kappa shape index (κ1) is 25.5. The van der Waals surface area contributed by atoms with Gasteiger partial charge in [-0.05, 0) is 36.2 Å². The van der Waals surface area contributed by atoms with Gasteiger partial charge in [-0.1, -0.05) is 48.0 Å². The molecule has 0 radical (unpaired) electrons. The Hall–Kier alpha value is -4.57. The number of amides is 3. The number of hydrogen-bond acceptors (Lipinski definition) is 6. The van der Waals surface area contributed by atoms with E-state index in [9.17, 15) is 24.5 Å². The van der Waals surface area contributed by atoms with Crippen molar-refractivity contribution >= 4 is 23.4 Å². The minimum Gasteiger partial charge on any atom is -0.349 e. The summed E-state index contributed by atoms with van der Waals surface area (Å²) in [7, 11) is 0. The number of non-ortho nitro benzene ring substituents is 1. The molecule has 4 rings (SSSR count). The van der Waals surface area contributed by atoms with Crippen LogP contribution in [0.4, 0.5) is 5.69 Å². The molecule has 0 spiro atoms. The lowest BCUT2D eigenvalue weighted by Gasteiger charge is -2.29. The van der Waals surface area contributed by atoms with Crippen LogP contribution in [0.2, 0.25) is 0 Å². The predicted molar refractivity (Wildman–Crippen MR) is 136 cm³/mol. The van der Waals surface area contributed by atoms with E-state index in [4.69, 9.17) is 5.73 Å². The molecule has 10 heteroatoms. The van der Waals surface area contributed by atoms with Crippen LogP contribution in [0.5, 0.6) is 0 Å². The van der Waals surface area contributed by atoms with Gasteiger partial charge in [-0.15, -0.1) is 0 Å². The maximum atomic E-state index is 13.5. The standard InChI is InChI=1S/C27H27N5O5/c1-18-5-2-8-21(13-18)26(34)30-11-12-31(27(35)22-9-4-10-23(15-22)32(36)37)25(30)24(33)29-17-20-7-3-6-19(14-20)16-28/h2-10,13-15,25H,11-12,16-17,28H2,1H3,(H,29,33). The Morgan fingerprint density at radius 1 is 0.919 bits per heavy atom. The lowest BCUT2D eigenvalue weighted by atomic mass is 10.1. The summed E-state index contributed by atoms with van der Waals surface area (Å²) in [5.41, 5.74) is 8.55. The third-order valence-electron chi connectivity index (χ3n) is 6.19. The molecule has 1 unspecified atom stereocenters. The van der Waals surface area contributed by atoms with Crippen LogP contribution in [0.25, 0.3) is 0 Å². The van der Waals surface area contributed by atoms with Crippen molar-refractivity contribution in [3.8, 4) is 0 Å².